The van der Waals surface area contributed by atoms with Crippen molar-refractivity contribution in [2.24, 2.45) is 4.99 Å². The van der Waals surface area contributed by atoms with Gasteiger partial charge in [0.2, 0.25) is 11.8 Å². The third-order valence-electron chi connectivity index (χ3n) is 9.33. The van der Waals surface area contributed by atoms with Gasteiger partial charge >= 0.3 is 0 Å². The normalized spacial score (nSPS) is 12.4. The van der Waals surface area contributed by atoms with E-state index in [-0.39, 0.29) is 11.8 Å². The van der Waals surface area contributed by atoms with Crippen LogP contribution in [-0.4, -0.2) is 51.0 Å². The van der Waals surface area contributed by atoms with Crippen LogP contribution in [-0.2, 0) is 9.59 Å². The molecule has 282 valence electrons. The summed E-state index contributed by atoms with van der Waals surface area (Å²) in [5.41, 5.74) is 0. The van der Waals surface area contributed by atoms with E-state index in [1.807, 2.05) is 7.05 Å². The molecule has 0 rings (SSSR count). The molecule has 0 aliphatic rings. The standard InChI is InChI=1S/C41H81N5O2/c1-5-7-9-11-13-15-17-19-21-22-24-26-28-30-32-34-39(47)46-38(35-37-45-41(42-3)43-4)40(48)44-36-33-31-29-27-25-23-20-18-16-14-12-10-8-6-2/h19,21,38H,5-18,20,22-37H2,1-4H3,(H,44,48)(H,46,47)(H2,42,43,45)/b21-19-/t38-/m0/s1. The Balaban J connectivity index is 4.10. The second-order valence-electron chi connectivity index (χ2n) is 13.9. The van der Waals surface area contributed by atoms with Crippen LogP contribution in [0.2, 0.25) is 0 Å². The van der Waals surface area contributed by atoms with Gasteiger partial charge in [-0.2, -0.15) is 0 Å². The molecule has 0 aliphatic heterocycles. The van der Waals surface area contributed by atoms with Crippen LogP contribution in [0.15, 0.2) is 17.1 Å². The number of allylic oxidation sites excluding steroid dienone is 2. The van der Waals surface area contributed by atoms with Gasteiger partial charge in [-0.25, -0.2) is 0 Å². The van der Waals surface area contributed by atoms with Crippen LogP contribution >= 0.6 is 0 Å². The molecule has 0 aromatic carbocycles. The van der Waals surface area contributed by atoms with Crippen LogP contribution in [0.3, 0.4) is 0 Å². The number of aliphatic imine (C=N–C) groups is 1. The van der Waals surface area contributed by atoms with E-state index in [9.17, 15) is 9.59 Å². The molecule has 48 heavy (non-hydrogen) atoms. The van der Waals surface area contributed by atoms with Crippen molar-refractivity contribution in [1.29, 1.82) is 0 Å². The van der Waals surface area contributed by atoms with Gasteiger partial charge in [-0.05, 0) is 44.9 Å². The van der Waals surface area contributed by atoms with Gasteiger partial charge in [-0.3, -0.25) is 14.6 Å². The molecule has 4 N–H and O–H groups in total. The fourth-order valence-electron chi connectivity index (χ4n) is 6.16. The number of carbonyl (C=O) groups is 2. The maximum absolute atomic E-state index is 13.0. The third-order valence-corrected chi connectivity index (χ3v) is 9.33. The van der Waals surface area contributed by atoms with E-state index in [4.69, 9.17) is 0 Å². The Morgan fingerprint density at radius 2 is 1.00 bits per heavy atom. The lowest BCUT2D eigenvalue weighted by molar-refractivity contribution is -0.129. The molecule has 0 bridgehead atoms. The number of unbranched alkanes of at least 4 members (excludes halogenated alkanes) is 24. The maximum Gasteiger partial charge on any atom is 0.242 e. The first-order valence-electron chi connectivity index (χ1n) is 20.7. The van der Waals surface area contributed by atoms with Gasteiger partial charge in [0, 0.05) is 33.6 Å². The SMILES string of the molecule is CCCCCCCC/C=C\CCCCCCCC(=O)N[C@@H](CCNC(=NC)NC)C(=O)NCCCCCCCCCCCCCCCC. The zero-order valence-corrected chi connectivity index (χ0v) is 32.4. The molecule has 0 saturated carbocycles. The Hall–Kier alpha value is -2.05. The number of hydrogen-bond donors (Lipinski definition) is 4. The fourth-order valence-corrected chi connectivity index (χ4v) is 6.16. The summed E-state index contributed by atoms with van der Waals surface area (Å²) in [4.78, 5) is 29.9. The van der Waals surface area contributed by atoms with Crippen molar-refractivity contribution in [2.45, 2.75) is 206 Å². The molecule has 0 heterocycles. The molecule has 0 aliphatic carbocycles. The van der Waals surface area contributed by atoms with Crippen LogP contribution < -0.4 is 21.3 Å². The average molecular weight is 676 g/mol. The van der Waals surface area contributed by atoms with Crippen molar-refractivity contribution >= 4 is 17.8 Å². The molecule has 0 radical (unpaired) electrons. The van der Waals surface area contributed by atoms with Crippen LogP contribution in [0, 0.1) is 0 Å². The molecule has 2 amide bonds. The molecular weight excluding hydrogens is 594 g/mol. The second-order valence-corrected chi connectivity index (χ2v) is 13.9. The van der Waals surface area contributed by atoms with Crippen molar-refractivity contribution in [3.63, 3.8) is 0 Å². The minimum atomic E-state index is -0.533. The highest BCUT2D eigenvalue weighted by Crippen LogP contribution is 2.13. The van der Waals surface area contributed by atoms with Crippen LogP contribution in [0.5, 0.6) is 0 Å². The number of amides is 2. The summed E-state index contributed by atoms with van der Waals surface area (Å²) in [6, 6.07) is -0.533. The van der Waals surface area contributed by atoms with Gasteiger partial charge < -0.3 is 21.3 Å². The highest BCUT2D eigenvalue weighted by molar-refractivity contribution is 5.87. The van der Waals surface area contributed by atoms with Crippen LogP contribution in [0.1, 0.15) is 200 Å². The number of nitrogens with one attached hydrogen (secondary N) is 4. The molecule has 0 saturated heterocycles. The van der Waals surface area contributed by atoms with Gasteiger partial charge in [-0.1, -0.05) is 161 Å². The van der Waals surface area contributed by atoms with Crippen LogP contribution in [0.25, 0.3) is 0 Å². The summed E-state index contributed by atoms with van der Waals surface area (Å²) in [6.45, 7) is 5.77. The van der Waals surface area contributed by atoms with E-state index in [0.29, 0.717) is 31.9 Å². The summed E-state index contributed by atoms with van der Waals surface area (Å²) >= 11 is 0. The van der Waals surface area contributed by atoms with Gasteiger partial charge in [0.05, 0.1) is 0 Å². The molecular formula is C41H81N5O2. The lowest BCUT2D eigenvalue weighted by Gasteiger charge is -2.19. The van der Waals surface area contributed by atoms with E-state index in [1.54, 1.807) is 7.05 Å². The third kappa shape index (κ3) is 32.5. The minimum absolute atomic E-state index is 0.0257. The van der Waals surface area contributed by atoms with E-state index in [0.717, 1.165) is 32.1 Å². The smallest absolute Gasteiger partial charge is 0.242 e. The monoisotopic (exact) mass is 676 g/mol. The first kappa shape index (κ1) is 46.0. The zero-order chi connectivity index (χ0) is 35.2. The number of hydrogen-bond acceptors (Lipinski definition) is 3. The summed E-state index contributed by atoms with van der Waals surface area (Å²) < 4.78 is 0. The molecule has 1 atom stereocenters. The van der Waals surface area contributed by atoms with Gasteiger partial charge in [0.15, 0.2) is 5.96 Å². The Kier molecular flexibility index (Phi) is 36.2. The summed E-state index contributed by atoms with van der Waals surface area (Å²) in [5, 5.41) is 12.3. The largest absolute Gasteiger partial charge is 0.359 e. The van der Waals surface area contributed by atoms with Gasteiger partial charge in [-0.15, -0.1) is 0 Å². The first-order valence-corrected chi connectivity index (χ1v) is 20.7. The molecule has 0 spiro atoms. The Morgan fingerprint density at radius 1 is 0.562 bits per heavy atom. The van der Waals surface area contributed by atoms with E-state index < -0.39 is 6.04 Å². The Morgan fingerprint density at radius 3 is 1.46 bits per heavy atom. The highest BCUT2D eigenvalue weighted by atomic mass is 16.2. The zero-order valence-electron chi connectivity index (χ0n) is 32.4. The van der Waals surface area contributed by atoms with Crippen molar-refractivity contribution in [3.05, 3.63) is 12.2 Å². The van der Waals surface area contributed by atoms with E-state index in [2.05, 4.69) is 52.3 Å². The van der Waals surface area contributed by atoms with Crippen molar-refractivity contribution < 1.29 is 9.59 Å². The van der Waals surface area contributed by atoms with Crippen molar-refractivity contribution in [1.82, 2.24) is 21.3 Å². The quantitative estimate of drug-likeness (QED) is 0.0233. The number of carbonyl (C=O) groups excluding carboxylic acids is 2. The van der Waals surface area contributed by atoms with Crippen LogP contribution in [0.4, 0.5) is 0 Å². The number of guanidine groups is 1. The lowest BCUT2D eigenvalue weighted by Crippen LogP contribution is -2.49. The predicted molar refractivity (Wildman–Crippen MR) is 210 cm³/mol. The molecule has 0 aromatic heterocycles. The Bertz CT molecular complexity index is 770. The summed E-state index contributed by atoms with van der Waals surface area (Å²) in [5.74, 6) is 0.572. The van der Waals surface area contributed by atoms with Crippen molar-refractivity contribution in [3.8, 4) is 0 Å². The lowest BCUT2D eigenvalue weighted by atomic mass is 10.0. The molecule has 7 nitrogen and oxygen atoms in total. The number of rotatable bonds is 35. The average Bonchev–Trinajstić information content (AvgIpc) is 3.09. The second kappa shape index (κ2) is 37.8. The number of nitrogens with zero attached hydrogens (tertiary/aromatic N) is 1. The maximum atomic E-state index is 13.0. The molecule has 0 fully saturated rings. The van der Waals surface area contributed by atoms with E-state index >= 15 is 0 Å². The summed E-state index contributed by atoms with van der Waals surface area (Å²) in [7, 11) is 3.53. The first-order chi connectivity index (χ1) is 23.6. The molecule has 7 heteroatoms. The van der Waals surface area contributed by atoms with Crippen molar-refractivity contribution in [2.75, 3.05) is 27.2 Å². The summed E-state index contributed by atoms with van der Waals surface area (Å²) in [6.07, 6.45) is 40.3. The molecule has 0 unspecified atom stereocenters. The minimum Gasteiger partial charge on any atom is -0.359 e. The highest BCUT2D eigenvalue weighted by Gasteiger charge is 2.20. The van der Waals surface area contributed by atoms with Gasteiger partial charge in [0.1, 0.15) is 6.04 Å². The topological polar surface area (TPSA) is 94.6 Å². The Labute approximate surface area is 298 Å². The fraction of sp³-hybridized carbons (Fsp3) is 0.878. The van der Waals surface area contributed by atoms with Gasteiger partial charge in [0.25, 0.3) is 0 Å². The molecule has 0 aromatic rings. The predicted octanol–water partition coefficient (Wildman–Crippen LogP) is 10.3. The van der Waals surface area contributed by atoms with E-state index in [1.165, 1.54) is 141 Å².